The Labute approximate surface area is 123 Å². The minimum absolute atomic E-state index is 0.102. The molecule has 21 heavy (non-hydrogen) atoms. The first kappa shape index (κ1) is 14.7. The Morgan fingerprint density at radius 1 is 1.10 bits per heavy atom. The second kappa shape index (κ2) is 5.52. The van der Waals surface area contributed by atoms with E-state index in [2.05, 4.69) is 10.2 Å². The number of nitrogens with zero attached hydrogens (tertiary/aromatic N) is 1. The van der Waals surface area contributed by atoms with Gasteiger partial charge in [0.15, 0.2) is 0 Å². The predicted molar refractivity (Wildman–Crippen MR) is 77.5 cm³/mol. The fourth-order valence-corrected chi connectivity index (χ4v) is 3.62. The Kier molecular flexibility index (Phi) is 3.86. The van der Waals surface area contributed by atoms with Crippen LogP contribution in [0.4, 0.5) is 18.9 Å². The number of benzene rings is 1. The molecule has 116 valence electrons. The van der Waals surface area contributed by atoms with Gasteiger partial charge in [-0.1, -0.05) is 25.3 Å². The minimum atomic E-state index is -4.27. The van der Waals surface area contributed by atoms with Crippen molar-refractivity contribution in [1.82, 2.24) is 5.32 Å². The second-order valence-electron chi connectivity index (χ2n) is 6.24. The highest BCUT2D eigenvalue weighted by Gasteiger charge is 2.37. The Morgan fingerprint density at radius 2 is 1.86 bits per heavy atom. The summed E-state index contributed by atoms with van der Waals surface area (Å²) in [6.45, 7) is 2.42. The van der Waals surface area contributed by atoms with Gasteiger partial charge in [-0.3, -0.25) is 0 Å². The summed E-state index contributed by atoms with van der Waals surface area (Å²) in [5, 5.41) is 3.62. The van der Waals surface area contributed by atoms with Gasteiger partial charge in [-0.2, -0.15) is 13.2 Å². The first-order valence-electron chi connectivity index (χ1n) is 7.66. The summed E-state index contributed by atoms with van der Waals surface area (Å²) in [6, 6.07) is 5.72. The maximum absolute atomic E-state index is 12.9. The number of alkyl halides is 3. The van der Waals surface area contributed by atoms with E-state index in [1.165, 1.54) is 31.4 Å². The molecule has 0 bridgehead atoms. The van der Waals surface area contributed by atoms with E-state index < -0.39 is 11.7 Å². The summed E-state index contributed by atoms with van der Waals surface area (Å²) in [5.74, 6) is 0. The van der Waals surface area contributed by atoms with Gasteiger partial charge in [0, 0.05) is 30.9 Å². The Hall–Kier alpha value is -1.23. The molecule has 0 radical (unpaired) electrons. The van der Waals surface area contributed by atoms with Crippen LogP contribution in [-0.2, 0) is 6.18 Å². The van der Waals surface area contributed by atoms with E-state index in [1.807, 2.05) is 0 Å². The molecule has 1 spiro atoms. The monoisotopic (exact) mass is 298 g/mol. The number of anilines is 1. The Bertz CT molecular complexity index is 487. The van der Waals surface area contributed by atoms with Gasteiger partial charge in [-0.25, -0.2) is 0 Å². The van der Waals surface area contributed by atoms with Crippen LogP contribution in [0.1, 0.15) is 37.7 Å². The van der Waals surface area contributed by atoms with E-state index in [0.29, 0.717) is 5.69 Å². The van der Waals surface area contributed by atoms with E-state index in [-0.39, 0.29) is 5.54 Å². The molecule has 2 nitrogen and oxygen atoms in total. The molecule has 1 heterocycles. The highest BCUT2D eigenvalue weighted by atomic mass is 19.4. The molecule has 1 N–H and O–H groups in total. The molecule has 1 aliphatic heterocycles. The van der Waals surface area contributed by atoms with Crippen molar-refractivity contribution in [1.29, 1.82) is 0 Å². The van der Waals surface area contributed by atoms with Gasteiger partial charge < -0.3 is 10.2 Å². The zero-order valence-electron chi connectivity index (χ0n) is 12.0. The van der Waals surface area contributed by atoms with Gasteiger partial charge in [0.05, 0.1) is 5.56 Å². The quantitative estimate of drug-likeness (QED) is 0.848. The SMILES string of the molecule is FC(F)(F)c1cccc(N2CCNC3(CCCCC3)C2)c1. The third-order valence-electron chi connectivity index (χ3n) is 4.72. The fourth-order valence-electron chi connectivity index (χ4n) is 3.62. The van der Waals surface area contributed by atoms with Gasteiger partial charge in [0.1, 0.15) is 0 Å². The molecule has 1 aromatic carbocycles. The first-order valence-corrected chi connectivity index (χ1v) is 7.66. The van der Waals surface area contributed by atoms with Gasteiger partial charge in [0.2, 0.25) is 0 Å². The summed E-state index contributed by atoms with van der Waals surface area (Å²) >= 11 is 0. The van der Waals surface area contributed by atoms with E-state index in [0.717, 1.165) is 38.5 Å². The molecule has 0 unspecified atom stereocenters. The number of hydrogen-bond donors (Lipinski definition) is 1. The van der Waals surface area contributed by atoms with Crippen molar-refractivity contribution in [2.75, 3.05) is 24.5 Å². The number of rotatable bonds is 1. The maximum Gasteiger partial charge on any atom is 0.416 e. The Balaban J connectivity index is 1.80. The van der Waals surface area contributed by atoms with Crippen LogP contribution in [-0.4, -0.2) is 25.2 Å². The molecule has 1 saturated heterocycles. The van der Waals surface area contributed by atoms with Crippen LogP contribution >= 0.6 is 0 Å². The molecule has 3 rings (SSSR count). The zero-order valence-corrected chi connectivity index (χ0v) is 12.0. The number of piperazine rings is 1. The van der Waals surface area contributed by atoms with Crippen LogP contribution in [0.5, 0.6) is 0 Å². The van der Waals surface area contributed by atoms with Gasteiger partial charge >= 0.3 is 6.18 Å². The molecule has 1 aliphatic carbocycles. The van der Waals surface area contributed by atoms with Crippen LogP contribution in [0, 0.1) is 0 Å². The maximum atomic E-state index is 12.9. The lowest BCUT2D eigenvalue weighted by atomic mass is 9.80. The van der Waals surface area contributed by atoms with Crippen LogP contribution in [0.15, 0.2) is 24.3 Å². The number of halogens is 3. The lowest BCUT2D eigenvalue weighted by Crippen LogP contribution is -2.61. The van der Waals surface area contributed by atoms with E-state index in [9.17, 15) is 13.2 Å². The summed E-state index contributed by atoms with van der Waals surface area (Å²) in [6.07, 6.45) is 1.68. The van der Waals surface area contributed by atoms with E-state index >= 15 is 0 Å². The Morgan fingerprint density at radius 3 is 2.57 bits per heavy atom. The first-order chi connectivity index (χ1) is 9.99. The molecular weight excluding hydrogens is 277 g/mol. The predicted octanol–water partition coefficient (Wildman–Crippen LogP) is 3.82. The second-order valence-corrected chi connectivity index (χ2v) is 6.24. The van der Waals surface area contributed by atoms with Crippen molar-refractivity contribution in [2.45, 2.75) is 43.8 Å². The van der Waals surface area contributed by atoms with Crippen LogP contribution < -0.4 is 10.2 Å². The third kappa shape index (κ3) is 3.18. The lowest BCUT2D eigenvalue weighted by molar-refractivity contribution is -0.137. The van der Waals surface area contributed by atoms with Crippen molar-refractivity contribution >= 4 is 5.69 Å². The van der Waals surface area contributed by atoms with Gasteiger partial charge in [-0.05, 0) is 31.0 Å². The number of hydrogen-bond acceptors (Lipinski definition) is 2. The highest BCUT2D eigenvalue weighted by molar-refractivity contribution is 5.50. The minimum Gasteiger partial charge on any atom is -0.368 e. The molecule has 1 aromatic rings. The molecule has 0 amide bonds. The highest BCUT2D eigenvalue weighted by Crippen LogP contribution is 2.35. The third-order valence-corrected chi connectivity index (χ3v) is 4.72. The lowest BCUT2D eigenvalue weighted by Gasteiger charge is -2.47. The van der Waals surface area contributed by atoms with Crippen molar-refractivity contribution in [3.63, 3.8) is 0 Å². The normalized spacial score (nSPS) is 22.5. The van der Waals surface area contributed by atoms with Crippen LogP contribution in [0.2, 0.25) is 0 Å². The van der Waals surface area contributed by atoms with Crippen LogP contribution in [0.25, 0.3) is 0 Å². The molecule has 5 heteroatoms. The number of nitrogens with one attached hydrogen (secondary N) is 1. The summed E-state index contributed by atoms with van der Waals surface area (Å²) in [5.41, 5.74) is 0.234. The topological polar surface area (TPSA) is 15.3 Å². The van der Waals surface area contributed by atoms with E-state index in [4.69, 9.17) is 0 Å². The largest absolute Gasteiger partial charge is 0.416 e. The smallest absolute Gasteiger partial charge is 0.368 e. The molecule has 0 atom stereocenters. The summed E-state index contributed by atoms with van der Waals surface area (Å²) < 4.78 is 38.6. The molecular formula is C16H21F3N2. The molecule has 0 aromatic heterocycles. The molecule has 2 fully saturated rings. The average molecular weight is 298 g/mol. The van der Waals surface area contributed by atoms with Crippen molar-refractivity contribution in [3.05, 3.63) is 29.8 Å². The van der Waals surface area contributed by atoms with Crippen molar-refractivity contribution in [3.8, 4) is 0 Å². The average Bonchev–Trinajstić information content (AvgIpc) is 2.47. The molecule has 1 saturated carbocycles. The summed E-state index contributed by atoms with van der Waals surface area (Å²) in [4.78, 5) is 2.11. The van der Waals surface area contributed by atoms with Crippen LogP contribution in [0.3, 0.4) is 0 Å². The standard InChI is InChI=1S/C16H21F3N2/c17-16(18,19)13-5-4-6-14(11-13)21-10-9-20-15(12-21)7-2-1-3-8-15/h4-6,11,20H,1-3,7-10,12H2. The van der Waals surface area contributed by atoms with Crippen molar-refractivity contribution < 1.29 is 13.2 Å². The van der Waals surface area contributed by atoms with Gasteiger partial charge in [-0.15, -0.1) is 0 Å². The van der Waals surface area contributed by atoms with Gasteiger partial charge in [0.25, 0.3) is 0 Å². The zero-order chi connectivity index (χ0) is 14.9. The summed E-state index contributed by atoms with van der Waals surface area (Å²) in [7, 11) is 0. The fraction of sp³-hybridized carbons (Fsp3) is 0.625. The molecule has 2 aliphatic rings. The van der Waals surface area contributed by atoms with Crippen molar-refractivity contribution in [2.24, 2.45) is 0 Å². The van der Waals surface area contributed by atoms with E-state index in [1.54, 1.807) is 6.07 Å².